The molecule has 2 aliphatic heterocycles. The Balaban J connectivity index is 1.67. The molecule has 1 atom stereocenters. The molecule has 100 valence electrons. The zero-order valence-electron chi connectivity index (χ0n) is 11.6. The average molecular weight is 239 g/mol. The quantitative estimate of drug-likeness (QED) is 0.800. The van der Waals surface area contributed by atoms with Gasteiger partial charge in [0, 0.05) is 12.6 Å². The van der Waals surface area contributed by atoms with Crippen LogP contribution in [0.2, 0.25) is 0 Å². The van der Waals surface area contributed by atoms with E-state index >= 15 is 0 Å². The summed E-state index contributed by atoms with van der Waals surface area (Å²) in [5, 5.41) is 3.45. The number of likely N-dealkylation sites (N-methyl/N-ethyl adjacent to an activating group) is 2. The number of nitrogens with one attached hydrogen (secondary N) is 1. The summed E-state index contributed by atoms with van der Waals surface area (Å²) in [6.07, 6.45) is 6.95. The first-order valence-electron chi connectivity index (χ1n) is 7.35. The monoisotopic (exact) mass is 239 g/mol. The highest BCUT2D eigenvalue weighted by Gasteiger charge is 2.21. The molecule has 2 heterocycles. The van der Waals surface area contributed by atoms with Crippen molar-refractivity contribution in [1.29, 1.82) is 0 Å². The summed E-state index contributed by atoms with van der Waals surface area (Å²) < 4.78 is 0. The third kappa shape index (κ3) is 4.23. The van der Waals surface area contributed by atoms with Crippen LogP contribution in [0.3, 0.4) is 0 Å². The van der Waals surface area contributed by atoms with Crippen molar-refractivity contribution in [2.24, 2.45) is 5.92 Å². The van der Waals surface area contributed by atoms with E-state index in [1.807, 2.05) is 0 Å². The number of piperidine rings is 2. The highest BCUT2D eigenvalue weighted by atomic mass is 15.2. The van der Waals surface area contributed by atoms with Crippen LogP contribution in [0.5, 0.6) is 0 Å². The molecular formula is C14H29N3. The number of hydrogen-bond donors (Lipinski definition) is 1. The van der Waals surface area contributed by atoms with Crippen molar-refractivity contribution in [2.75, 3.05) is 46.8 Å². The Bertz CT molecular complexity index is 214. The maximum Gasteiger partial charge on any atom is 0.0220 e. The van der Waals surface area contributed by atoms with Crippen molar-refractivity contribution in [3.63, 3.8) is 0 Å². The molecule has 2 aliphatic rings. The van der Waals surface area contributed by atoms with Crippen LogP contribution in [-0.4, -0.2) is 62.7 Å². The lowest BCUT2D eigenvalue weighted by Gasteiger charge is -2.36. The normalized spacial score (nSPS) is 28.8. The number of nitrogens with zero attached hydrogens (tertiary/aromatic N) is 2. The molecule has 2 rings (SSSR count). The average Bonchev–Trinajstić information content (AvgIpc) is 2.37. The van der Waals surface area contributed by atoms with Crippen molar-refractivity contribution in [2.45, 2.75) is 38.1 Å². The third-order valence-electron chi connectivity index (χ3n) is 4.57. The number of hydrogen-bond acceptors (Lipinski definition) is 3. The molecule has 0 aromatic carbocycles. The van der Waals surface area contributed by atoms with Gasteiger partial charge < -0.3 is 15.1 Å². The number of likely N-dealkylation sites (tertiary alicyclic amines) is 1. The Morgan fingerprint density at radius 1 is 1.24 bits per heavy atom. The summed E-state index contributed by atoms with van der Waals surface area (Å²) in [5.41, 5.74) is 0. The minimum Gasteiger partial charge on any atom is -0.317 e. The molecule has 0 radical (unpaired) electrons. The molecule has 2 saturated heterocycles. The fourth-order valence-electron chi connectivity index (χ4n) is 3.24. The van der Waals surface area contributed by atoms with E-state index < -0.39 is 0 Å². The molecule has 1 N–H and O–H groups in total. The molecule has 0 aromatic heterocycles. The minimum absolute atomic E-state index is 0.801. The van der Waals surface area contributed by atoms with Gasteiger partial charge in [-0.05, 0) is 78.3 Å². The predicted molar refractivity (Wildman–Crippen MR) is 73.4 cm³/mol. The van der Waals surface area contributed by atoms with Gasteiger partial charge in [-0.1, -0.05) is 0 Å². The lowest BCUT2D eigenvalue weighted by molar-refractivity contribution is 0.126. The van der Waals surface area contributed by atoms with Gasteiger partial charge in [-0.25, -0.2) is 0 Å². The van der Waals surface area contributed by atoms with Gasteiger partial charge in [-0.15, -0.1) is 0 Å². The van der Waals surface area contributed by atoms with Gasteiger partial charge in [0.1, 0.15) is 0 Å². The summed E-state index contributed by atoms with van der Waals surface area (Å²) in [7, 11) is 4.58. The van der Waals surface area contributed by atoms with Gasteiger partial charge in [-0.2, -0.15) is 0 Å². The second-order valence-corrected chi connectivity index (χ2v) is 6.02. The van der Waals surface area contributed by atoms with Crippen LogP contribution in [0, 0.1) is 5.92 Å². The van der Waals surface area contributed by atoms with Crippen molar-refractivity contribution in [3.05, 3.63) is 0 Å². The molecule has 1 unspecified atom stereocenters. The third-order valence-corrected chi connectivity index (χ3v) is 4.57. The summed E-state index contributed by atoms with van der Waals surface area (Å²) in [6, 6.07) is 0.801. The van der Waals surface area contributed by atoms with E-state index in [4.69, 9.17) is 0 Å². The molecule has 0 amide bonds. The summed E-state index contributed by atoms with van der Waals surface area (Å²) >= 11 is 0. The first-order valence-corrected chi connectivity index (χ1v) is 7.35. The largest absolute Gasteiger partial charge is 0.317 e. The Hall–Kier alpha value is -0.120. The second kappa shape index (κ2) is 6.72. The Morgan fingerprint density at radius 3 is 2.71 bits per heavy atom. The van der Waals surface area contributed by atoms with Crippen LogP contribution in [-0.2, 0) is 0 Å². The van der Waals surface area contributed by atoms with Gasteiger partial charge in [0.15, 0.2) is 0 Å². The van der Waals surface area contributed by atoms with Gasteiger partial charge in [0.2, 0.25) is 0 Å². The first-order chi connectivity index (χ1) is 8.25. The van der Waals surface area contributed by atoms with Crippen LogP contribution >= 0.6 is 0 Å². The van der Waals surface area contributed by atoms with Crippen molar-refractivity contribution >= 4 is 0 Å². The van der Waals surface area contributed by atoms with E-state index in [2.05, 4.69) is 29.2 Å². The highest BCUT2D eigenvalue weighted by Crippen LogP contribution is 2.18. The van der Waals surface area contributed by atoms with E-state index in [-0.39, 0.29) is 0 Å². The molecule has 2 fully saturated rings. The second-order valence-electron chi connectivity index (χ2n) is 6.02. The van der Waals surface area contributed by atoms with E-state index in [9.17, 15) is 0 Å². The predicted octanol–water partition coefficient (Wildman–Crippen LogP) is 1.40. The molecule has 0 spiro atoms. The van der Waals surface area contributed by atoms with E-state index in [1.54, 1.807) is 0 Å². The number of rotatable bonds is 4. The Morgan fingerprint density at radius 2 is 2.00 bits per heavy atom. The van der Waals surface area contributed by atoms with Gasteiger partial charge in [0.25, 0.3) is 0 Å². The van der Waals surface area contributed by atoms with Crippen LogP contribution in [0.1, 0.15) is 32.1 Å². The van der Waals surface area contributed by atoms with Gasteiger partial charge in [0.05, 0.1) is 0 Å². The summed E-state index contributed by atoms with van der Waals surface area (Å²) in [5.74, 6) is 0.972. The fourth-order valence-corrected chi connectivity index (χ4v) is 3.24. The van der Waals surface area contributed by atoms with Crippen LogP contribution in [0.25, 0.3) is 0 Å². The van der Waals surface area contributed by atoms with E-state index in [1.165, 1.54) is 64.8 Å². The standard InChI is InChI=1S/C14H29N3/c1-16-10-3-4-14(12-16)17(2)11-7-13-5-8-15-9-6-13/h13-15H,3-12H2,1-2H3. The minimum atomic E-state index is 0.801. The van der Waals surface area contributed by atoms with Crippen LogP contribution in [0.15, 0.2) is 0 Å². The highest BCUT2D eigenvalue weighted by molar-refractivity contribution is 4.78. The molecule has 0 bridgehead atoms. The maximum absolute atomic E-state index is 3.45. The smallest absolute Gasteiger partial charge is 0.0220 e. The SMILES string of the molecule is CN1CCCC(N(C)CCC2CCNCC2)C1. The lowest BCUT2D eigenvalue weighted by atomic mass is 9.94. The molecule has 0 aliphatic carbocycles. The molecule has 0 aromatic rings. The van der Waals surface area contributed by atoms with Gasteiger partial charge >= 0.3 is 0 Å². The maximum atomic E-state index is 3.45. The molecule has 0 saturated carbocycles. The molecule has 3 heteroatoms. The molecule has 3 nitrogen and oxygen atoms in total. The zero-order valence-corrected chi connectivity index (χ0v) is 11.6. The van der Waals surface area contributed by atoms with Crippen molar-refractivity contribution in [3.8, 4) is 0 Å². The van der Waals surface area contributed by atoms with Crippen molar-refractivity contribution < 1.29 is 0 Å². The molecule has 17 heavy (non-hydrogen) atoms. The Kier molecular flexibility index (Phi) is 5.26. The summed E-state index contributed by atoms with van der Waals surface area (Å²) in [4.78, 5) is 5.09. The lowest BCUT2D eigenvalue weighted by Crippen LogP contribution is -2.45. The van der Waals surface area contributed by atoms with E-state index in [0.717, 1.165) is 12.0 Å². The van der Waals surface area contributed by atoms with Crippen LogP contribution in [0.4, 0.5) is 0 Å². The summed E-state index contributed by atoms with van der Waals surface area (Å²) in [6.45, 7) is 6.33. The van der Waals surface area contributed by atoms with Crippen molar-refractivity contribution in [1.82, 2.24) is 15.1 Å². The zero-order chi connectivity index (χ0) is 12.1. The van der Waals surface area contributed by atoms with Gasteiger partial charge in [-0.3, -0.25) is 0 Å². The topological polar surface area (TPSA) is 18.5 Å². The fraction of sp³-hybridized carbons (Fsp3) is 1.00. The Labute approximate surface area is 107 Å². The van der Waals surface area contributed by atoms with E-state index in [0.29, 0.717) is 0 Å². The molecular weight excluding hydrogens is 210 g/mol. The van der Waals surface area contributed by atoms with Crippen LogP contribution < -0.4 is 5.32 Å². The first kappa shape index (κ1) is 13.3.